The molecule has 0 unspecified atom stereocenters. The summed E-state index contributed by atoms with van der Waals surface area (Å²) in [5, 5.41) is 11.5. The van der Waals surface area contributed by atoms with E-state index >= 15 is 0 Å². The Hall–Kier alpha value is -2.93. The van der Waals surface area contributed by atoms with Gasteiger partial charge in [0, 0.05) is 0 Å². The molecule has 6 nitrogen and oxygen atoms in total. The van der Waals surface area contributed by atoms with Crippen LogP contribution in [0.3, 0.4) is 0 Å². The van der Waals surface area contributed by atoms with E-state index in [-0.39, 0.29) is 0 Å². The van der Waals surface area contributed by atoms with E-state index in [0.29, 0.717) is 35.3 Å². The number of nitrogens with zero attached hydrogens (tertiary/aromatic N) is 3. The Bertz CT molecular complexity index is 947. The number of fused-ring (bicyclic) bond motifs is 1. The van der Waals surface area contributed by atoms with E-state index in [4.69, 9.17) is 21.7 Å². The van der Waals surface area contributed by atoms with Gasteiger partial charge < -0.3 is 9.47 Å². The number of aromatic nitrogens is 3. The van der Waals surface area contributed by atoms with Gasteiger partial charge in [0.15, 0.2) is 17.3 Å². The van der Waals surface area contributed by atoms with Gasteiger partial charge >= 0.3 is 0 Å². The third kappa shape index (κ3) is 2.69. The van der Waals surface area contributed by atoms with Gasteiger partial charge in [0.2, 0.25) is 4.77 Å². The quantitative estimate of drug-likeness (QED) is 0.588. The molecule has 1 aromatic heterocycles. The third-order valence-electron chi connectivity index (χ3n) is 3.58. The molecule has 4 rings (SSSR count). The Balaban J connectivity index is 1.79. The minimum Gasteiger partial charge on any atom is -0.486 e. The zero-order valence-corrected chi connectivity index (χ0v) is 13.5. The molecular formula is C17H14N4O2S. The maximum absolute atomic E-state index is 5.76. The van der Waals surface area contributed by atoms with Crippen molar-refractivity contribution in [2.45, 2.75) is 0 Å². The molecule has 2 aromatic carbocycles. The van der Waals surface area contributed by atoms with Gasteiger partial charge in [0.1, 0.15) is 13.2 Å². The Labute approximate surface area is 143 Å². The van der Waals surface area contributed by atoms with E-state index in [0.717, 1.165) is 11.1 Å². The summed E-state index contributed by atoms with van der Waals surface area (Å²) in [5.41, 5.74) is 1.76. The van der Waals surface area contributed by atoms with E-state index in [1.54, 1.807) is 10.9 Å². The van der Waals surface area contributed by atoms with E-state index in [2.05, 4.69) is 15.3 Å². The van der Waals surface area contributed by atoms with Crippen LogP contribution in [0.1, 0.15) is 5.56 Å². The standard InChI is InChI=1S/C17H14N4O2S/c24-17-20-19-16(21(17)18-11-12-5-2-1-3-6-12)13-7-4-8-14-15(13)23-10-9-22-14/h1-8,11H,9-10H2,(H,20,24)/b18-11+. The third-order valence-corrected chi connectivity index (χ3v) is 3.84. The van der Waals surface area contributed by atoms with Crippen molar-refractivity contribution in [1.29, 1.82) is 0 Å². The second-order valence-corrected chi connectivity index (χ2v) is 5.54. The SMILES string of the molecule is S=c1[nH]nc(-c2cccc3c2OCCO3)n1/N=C/c1ccccc1. The molecule has 0 saturated carbocycles. The molecule has 0 spiro atoms. The number of aromatic amines is 1. The molecule has 120 valence electrons. The topological polar surface area (TPSA) is 64.4 Å². The van der Waals surface area contributed by atoms with Crippen LogP contribution in [0.25, 0.3) is 11.4 Å². The highest BCUT2D eigenvalue weighted by Crippen LogP contribution is 2.38. The van der Waals surface area contributed by atoms with Gasteiger partial charge in [-0.05, 0) is 29.9 Å². The first-order valence-corrected chi connectivity index (χ1v) is 7.89. The number of benzene rings is 2. The van der Waals surface area contributed by atoms with E-state index < -0.39 is 0 Å². The van der Waals surface area contributed by atoms with Gasteiger partial charge in [0.25, 0.3) is 0 Å². The predicted octanol–water partition coefficient (Wildman–Crippen LogP) is 3.26. The summed E-state index contributed by atoms with van der Waals surface area (Å²) < 4.78 is 13.4. The second kappa shape index (κ2) is 6.29. The van der Waals surface area contributed by atoms with Crippen molar-refractivity contribution in [3.63, 3.8) is 0 Å². The van der Waals surface area contributed by atoms with Crippen molar-refractivity contribution in [3.8, 4) is 22.9 Å². The fourth-order valence-corrected chi connectivity index (χ4v) is 2.67. The van der Waals surface area contributed by atoms with Gasteiger partial charge in [-0.15, -0.1) is 0 Å². The molecular weight excluding hydrogens is 324 g/mol. The van der Waals surface area contributed by atoms with Crippen LogP contribution in [0, 0.1) is 4.77 Å². The zero-order chi connectivity index (χ0) is 16.4. The van der Waals surface area contributed by atoms with Crippen LogP contribution in [-0.2, 0) is 0 Å². The highest BCUT2D eigenvalue weighted by Gasteiger charge is 2.20. The van der Waals surface area contributed by atoms with E-state index in [1.165, 1.54) is 0 Å². The van der Waals surface area contributed by atoms with Crippen LogP contribution in [0.5, 0.6) is 11.5 Å². The van der Waals surface area contributed by atoms with Crippen molar-refractivity contribution >= 4 is 18.4 Å². The molecule has 3 aromatic rings. The van der Waals surface area contributed by atoms with E-state index in [9.17, 15) is 0 Å². The molecule has 0 bridgehead atoms. The van der Waals surface area contributed by atoms with Gasteiger partial charge in [-0.3, -0.25) is 0 Å². The monoisotopic (exact) mass is 338 g/mol. The van der Waals surface area contributed by atoms with Crippen LogP contribution in [0.4, 0.5) is 0 Å². The number of ether oxygens (including phenoxy) is 2. The first-order valence-electron chi connectivity index (χ1n) is 7.49. The van der Waals surface area contributed by atoms with Gasteiger partial charge in [-0.1, -0.05) is 36.4 Å². The molecule has 1 aliphatic rings. The summed E-state index contributed by atoms with van der Waals surface area (Å²) in [4.78, 5) is 0. The summed E-state index contributed by atoms with van der Waals surface area (Å²) in [6.45, 7) is 1.04. The summed E-state index contributed by atoms with van der Waals surface area (Å²) in [7, 11) is 0. The highest BCUT2D eigenvalue weighted by molar-refractivity contribution is 7.71. The average molecular weight is 338 g/mol. The lowest BCUT2D eigenvalue weighted by molar-refractivity contribution is 0.172. The zero-order valence-electron chi connectivity index (χ0n) is 12.7. The number of para-hydroxylation sites is 1. The van der Waals surface area contributed by atoms with Crippen molar-refractivity contribution in [2.24, 2.45) is 5.10 Å². The lowest BCUT2D eigenvalue weighted by atomic mass is 10.1. The molecule has 2 heterocycles. The maximum atomic E-state index is 5.76. The van der Waals surface area contributed by atoms with Crippen LogP contribution < -0.4 is 9.47 Å². The number of nitrogens with one attached hydrogen (secondary N) is 1. The first-order chi connectivity index (χ1) is 11.8. The Morgan fingerprint density at radius 1 is 1.08 bits per heavy atom. The maximum Gasteiger partial charge on any atom is 0.216 e. The molecule has 24 heavy (non-hydrogen) atoms. The molecule has 0 amide bonds. The van der Waals surface area contributed by atoms with Gasteiger partial charge in [0.05, 0.1) is 11.8 Å². The average Bonchev–Trinajstić information content (AvgIpc) is 3.01. The minimum atomic E-state index is 0.409. The molecule has 0 fully saturated rings. The lowest BCUT2D eigenvalue weighted by Gasteiger charge is -2.20. The Morgan fingerprint density at radius 3 is 2.79 bits per heavy atom. The largest absolute Gasteiger partial charge is 0.486 e. The molecule has 7 heteroatoms. The normalized spacial score (nSPS) is 13.3. The fourth-order valence-electron chi connectivity index (χ4n) is 2.49. The van der Waals surface area contributed by atoms with Crippen molar-refractivity contribution in [1.82, 2.24) is 14.9 Å². The molecule has 1 N–H and O–H groups in total. The first kappa shape index (κ1) is 14.6. The Morgan fingerprint density at radius 2 is 1.92 bits per heavy atom. The van der Waals surface area contributed by atoms with Crippen molar-refractivity contribution in [2.75, 3.05) is 13.2 Å². The Kier molecular flexibility index (Phi) is 3.84. The molecule has 0 radical (unpaired) electrons. The number of rotatable bonds is 3. The molecule has 0 saturated heterocycles. The smallest absolute Gasteiger partial charge is 0.216 e. The number of H-pyrrole nitrogens is 1. The molecule has 1 aliphatic heterocycles. The van der Waals surface area contributed by atoms with Crippen LogP contribution in [0.15, 0.2) is 53.6 Å². The molecule has 0 aliphatic carbocycles. The predicted molar refractivity (Wildman–Crippen MR) is 93.3 cm³/mol. The number of hydrogen-bond acceptors (Lipinski definition) is 5. The van der Waals surface area contributed by atoms with Gasteiger partial charge in [-0.2, -0.15) is 14.9 Å². The molecule has 0 atom stereocenters. The second-order valence-electron chi connectivity index (χ2n) is 5.15. The van der Waals surface area contributed by atoms with E-state index in [1.807, 2.05) is 48.5 Å². The van der Waals surface area contributed by atoms with Crippen molar-refractivity contribution < 1.29 is 9.47 Å². The fraction of sp³-hybridized carbons (Fsp3) is 0.118. The van der Waals surface area contributed by atoms with Gasteiger partial charge in [-0.25, -0.2) is 5.10 Å². The summed E-state index contributed by atoms with van der Waals surface area (Å²) >= 11 is 5.30. The summed E-state index contributed by atoms with van der Waals surface area (Å²) in [6, 6.07) is 15.5. The lowest BCUT2D eigenvalue weighted by Crippen LogP contribution is -2.16. The van der Waals surface area contributed by atoms with Crippen LogP contribution >= 0.6 is 12.2 Å². The highest BCUT2D eigenvalue weighted by atomic mass is 32.1. The summed E-state index contributed by atoms with van der Waals surface area (Å²) in [5.74, 6) is 1.94. The number of hydrogen-bond donors (Lipinski definition) is 1. The van der Waals surface area contributed by atoms with Crippen LogP contribution in [0.2, 0.25) is 0 Å². The summed E-state index contributed by atoms with van der Waals surface area (Å²) in [6.07, 6.45) is 1.74. The van der Waals surface area contributed by atoms with Crippen LogP contribution in [-0.4, -0.2) is 34.3 Å². The van der Waals surface area contributed by atoms with Crippen molar-refractivity contribution in [3.05, 3.63) is 58.9 Å². The minimum absolute atomic E-state index is 0.409.